The maximum absolute atomic E-state index is 12.3. The first-order valence-corrected chi connectivity index (χ1v) is 8.51. The zero-order chi connectivity index (χ0) is 15.4. The molecule has 0 aromatic heterocycles. The monoisotopic (exact) mass is 386 g/mol. The van der Waals surface area contributed by atoms with E-state index in [4.69, 9.17) is 16.3 Å². The van der Waals surface area contributed by atoms with E-state index in [0.717, 1.165) is 4.47 Å². The Hall–Kier alpha value is -1.17. The lowest BCUT2D eigenvalue weighted by Crippen LogP contribution is -2.11. The van der Waals surface area contributed by atoms with Gasteiger partial charge in [-0.2, -0.15) is 0 Å². The Morgan fingerprint density at radius 2 is 2.00 bits per heavy atom. The molecular formula is C15H12BrClO3S. The molecule has 0 heterocycles. The van der Waals surface area contributed by atoms with E-state index < -0.39 is 10.8 Å². The van der Waals surface area contributed by atoms with Crippen LogP contribution in [0.15, 0.2) is 51.8 Å². The van der Waals surface area contributed by atoms with E-state index in [1.54, 1.807) is 30.3 Å². The first kappa shape index (κ1) is 16.2. The molecule has 0 aliphatic rings. The van der Waals surface area contributed by atoms with E-state index in [2.05, 4.69) is 15.9 Å². The van der Waals surface area contributed by atoms with Crippen molar-refractivity contribution < 1.29 is 13.7 Å². The Morgan fingerprint density at radius 3 is 2.62 bits per heavy atom. The fraction of sp³-hybridized carbons (Fsp3) is 0.133. The molecule has 0 saturated carbocycles. The average molecular weight is 388 g/mol. The van der Waals surface area contributed by atoms with Gasteiger partial charge in [-0.25, -0.2) is 0 Å². The third-order valence-corrected chi connectivity index (χ3v) is 5.44. The second kappa shape index (κ2) is 7.20. The van der Waals surface area contributed by atoms with Gasteiger partial charge in [-0.05, 0) is 46.3 Å². The number of ether oxygens (including phenoxy) is 1. The van der Waals surface area contributed by atoms with Crippen molar-refractivity contribution in [2.45, 2.75) is 4.90 Å². The zero-order valence-electron chi connectivity index (χ0n) is 11.1. The predicted molar refractivity (Wildman–Crippen MR) is 87.8 cm³/mol. The van der Waals surface area contributed by atoms with E-state index >= 15 is 0 Å². The largest absolute Gasteiger partial charge is 0.495 e. The summed E-state index contributed by atoms with van der Waals surface area (Å²) >= 11 is 9.32. The Bertz CT molecular complexity index is 703. The molecule has 0 radical (unpaired) electrons. The van der Waals surface area contributed by atoms with Crippen molar-refractivity contribution in [3.63, 3.8) is 0 Å². The third-order valence-electron chi connectivity index (χ3n) is 2.82. The number of hydrogen-bond acceptors (Lipinski definition) is 3. The van der Waals surface area contributed by atoms with E-state index in [1.807, 2.05) is 6.07 Å². The summed E-state index contributed by atoms with van der Waals surface area (Å²) in [6.45, 7) is 0. The molecular weight excluding hydrogens is 376 g/mol. The van der Waals surface area contributed by atoms with Crippen molar-refractivity contribution in [3.05, 3.63) is 57.5 Å². The first-order chi connectivity index (χ1) is 10.0. The maximum atomic E-state index is 12.3. The van der Waals surface area contributed by atoms with Crippen molar-refractivity contribution in [2.75, 3.05) is 12.9 Å². The van der Waals surface area contributed by atoms with Crippen LogP contribution in [0.4, 0.5) is 0 Å². The van der Waals surface area contributed by atoms with Crippen molar-refractivity contribution in [1.82, 2.24) is 0 Å². The summed E-state index contributed by atoms with van der Waals surface area (Å²) in [6, 6.07) is 11.9. The van der Waals surface area contributed by atoms with E-state index in [9.17, 15) is 9.00 Å². The number of hydrogen-bond donors (Lipinski definition) is 0. The molecule has 21 heavy (non-hydrogen) atoms. The van der Waals surface area contributed by atoms with Gasteiger partial charge in [-0.1, -0.05) is 23.7 Å². The maximum Gasteiger partial charge on any atom is 0.175 e. The Morgan fingerprint density at radius 1 is 1.29 bits per heavy atom. The topological polar surface area (TPSA) is 43.4 Å². The van der Waals surface area contributed by atoms with Crippen LogP contribution in [0.3, 0.4) is 0 Å². The molecule has 6 heteroatoms. The lowest BCUT2D eigenvalue weighted by molar-refractivity contribution is 0.102. The van der Waals surface area contributed by atoms with E-state index in [1.165, 1.54) is 13.2 Å². The first-order valence-electron chi connectivity index (χ1n) is 6.02. The quantitative estimate of drug-likeness (QED) is 0.725. The Kier molecular flexibility index (Phi) is 5.56. The fourth-order valence-electron chi connectivity index (χ4n) is 1.75. The van der Waals surface area contributed by atoms with Crippen LogP contribution in [0.2, 0.25) is 5.02 Å². The summed E-state index contributed by atoms with van der Waals surface area (Å²) in [4.78, 5) is 12.8. The number of carbonyl (C=O) groups excluding carboxylic acids is 1. The number of Topliss-reactive ketones (excluding diaryl/α,β-unsaturated/α-hetero) is 1. The zero-order valence-corrected chi connectivity index (χ0v) is 14.3. The smallest absolute Gasteiger partial charge is 0.175 e. The Labute approximate surface area is 138 Å². The van der Waals surface area contributed by atoms with Gasteiger partial charge in [0.15, 0.2) is 5.78 Å². The summed E-state index contributed by atoms with van der Waals surface area (Å²) in [5.41, 5.74) is 0.418. The van der Waals surface area contributed by atoms with Crippen LogP contribution in [0.1, 0.15) is 10.4 Å². The highest BCUT2D eigenvalue weighted by Gasteiger charge is 2.15. The SMILES string of the molecule is COc1ccc(C(=O)CS(=O)c2ccccc2Br)cc1Cl. The number of carbonyl (C=O) groups is 1. The number of ketones is 1. The second-order valence-corrected chi connectivity index (χ2v) is 6.87. The van der Waals surface area contributed by atoms with Crippen LogP contribution >= 0.6 is 27.5 Å². The number of methoxy groups -OCH3 is 1. The van der Waals surface area contributed by atoms with Gasteiger partial charge in [0, 0.05) is 10.0 Å². The average Bonchev–Trinajstić information content (AvgIpc) is 2.47. The highest BCUT2D eigenvalue weighted by Crippen LogP contribution is 2.26. The van der Waals surface area contributed by atoms with Crippen LogP contribution in [-0.2, 0) is 10.8 Å². The lowest BCUT2D eigenvalue weighted by Gasteiger charge is -2.06. The normalized spacial score (nSPS) is 12.0. The highest BCUT2D eigenvalue weighted by molar-refractivity contribution is 9.10. The van der Waals surface area contributed by atoms with E-state index in [0.29, 0.717) is 21.2 Å². The predicted octanol–water partition coefficient (Wildman–Crippen LogP) is 4.10. The van der Waals surface area contributed by atoms with Crippen LogP contribution in [0.25, 0.3) is 0 Å². The molecule has 0 N–H and O–H groups in total. The third kappa shape index (κ3) is 3.93. The molecule has 2 aromatic carbocycles. The molecule has 0 aliphatic heterocycles. The van der Waals surface area contributed by atoms with Crippen LogP contribution in [0.5, 0.6) is 5.75 Å². The van der Waals surface area contributed by atoms with Crippen molar-refractivity contribution in [1.29, 1.82) is 0 Å². The van der Waals surface area contributed by atoms with Gasteiger partial charge in [-0.3, -0.25) is 9.00 Å². The summed E-state index contributed by atoms with van der Waals surface area (Å²) < 4.78 is 18.0. The molecule has 2 aromatic rings. The summed E-state index contributed by atoms with van der Waals surface area (Å²) in [7, 11) is 0.0946. The van der Waals surface area contributed by atoms with E-state index in [-0.39, 0.29) is 11.5 Å². The van der Waals surface area contributed by atoms with Crippen LogP contribution in [-0.4, -0.2) is 22.9 Å². The summed E-state index contributed by atoms with van der Waals surface area (Å²) in [5, 5.41) is 0.357. The molecule has 2 rings (SSSR count). The second-order valence-electron chi connectivity index (χ2n) is 4.19. The molecule has 0 spiro atoms. The lowest BCUT2D eigenvalue weighted by atomic mass is 10.1. The van der Waals surface area contributed by atoms with Gasteiger partial charge in [0.1, 0.15) is 5.75 Å². The van der Waals surface area contributed by atoms with Crippen LogP contribution in [0, 0.1) is 0 Å². The number of benzene rings is 2. The minimum Gasteiger partial charge on any atom is -0.495 e. The molecule has 0 saturated heterocycles. The standard InChI is InChI=1S/C15H12BrClO3S/c1-20-14-7-6-10(8-12(14)17)13(18)9-21(19)15-5-3-2-4-11(15)16/h2-8H,9H2,1H3. The van der Waals surface area contributed by atoms with Gasteiger partial charge in [0.05, 0.1) is 33.6 Å². The van der Waals surface area contributed by atoms with Crippen LogP contribution < -0.4 is 4.74 Å². The molecule has 0 amide bonds. The number of halogens is 2. The molecule has 0 fully saturated rings. The minimum atomic E-state index is -1.41. The number of rotatable bonds is 5. The summed E-state index contributed by atoms with van der Waals surface area (Å²) in [5.74, 6) is 0.180. The highest BCUT2D eigenvalue weighted by atomic mass is 79.9. The molecule has 110 valence electrons. The molecule has 1 unspecified atom stereocenters. The van der Waals surface area contributed by atoms with Crippen molar-refractivity contribution >= 4 is 44.1 Å². The molecule has 0 bridgehead atoms. The fourth-order valence-corrected chi connectivity index (χ4v) is 3.91. The van der Waals surface area contributed by atoms with Gasteiger partial charge >= 0.3 is 0 Å². The summed E-state index contributed by atoms with van der Waals surface area (Å²) in [6.07, 6.45) is 0. The molecule has 1 atom stereocenters. The van der Waals surface area contributed by atoms with Gasteiger partial charge in [0.25, 0.3) is 0 Å². The van der Waals surface area contributed by atoms with Gasteiger partial charge in [0.2, 0.25) is 0 Å². The van der Waals surface area contributed by atoms with Crippen molar-refractivity contribution in [3.8, 4) is 5.75 Å². The Balaban J connectivity index is 2.17. The van der Waals surface area contributed by atoms with Crippen molar-refractivity contribution in [2.24, 2.45) is 0 Å². The molecule has 3 nitrogen and oxygen atoms in total. The minimum absolute atomic E-state index is 0.0920. The van der Waals surface area contributed by atoms with Gasteiger partial charge < -0.3 is 4.74 Å². The molecule has 0 aliphatic carbocycles. The van der Waals surface area contributed by atoms with Gasteiger partial charge in [-0.15, -0.1) is 0 Å².